The second kappa shape index (κ2) is 7.23. The van der Waals surface area contributed by atoms with Crippen LogP contribution in [0.5, 0.6) is 0 Å². The first-order valence-corrected chi connectivity index (χ1v) is 7.94. The first-order chi connectivity index (χ1) is 12.3. The van der Waals surface area contributed by atoms with Gasteiger partial charge in [0.15, 0.2) is 0 Å². The average molecular weight is 367 g/mol. The maximum absolute atomic E-state index is 14.0. The second-order valence-corrected chi connectivity index (χ2v) is 5.96. The molecule has 0 fully saturated rings. The van der Waals surface area contributed by atoms with Gasteiger partial charge < -0.3 is 15.4 Å². The molecule has 2 N–H and O–H groups in total. The van der Waals surface area contributed by atoms with E-state index in [-0.39, 0.29) is 18.7 Å². The van der Waals surface area contributed by atoms with Gasteiger partial charge in [-0.3, -0.25) is 0 Å². The average Bonchev–Trinajstić information content (AvgIpc) is 2.99. The van der Waals surface area contributed by atoms with Crippen molar-refractivity contribution in [3.63, 3.8) is 0 Å². The summed E-state index contributed by atoms with van der Waals surface area (Å²) < 4.78 is 57.5. The molecule has 0 bridgehead atoms. The van der Waals surface area contributed by atoms with Gasteiger partial charge >= 0.3 is 6.18 Å². The Morgan fingerprint density at radius 1 is 1.15 bits per heavy atom. The topological polar surface area (TPSA) is 50.8 Å². The third-order valence-electron chi connectivity index (χ3n) is 4.00. The number of hydrogen-bond acceptors (Lipinski definition) is 4. The van der Waals surface area contributed by atoms with Gasteiger partial charge in [-0.15, -0.1) is 0 Å². The summed E-state index contributed by atoms with van der Waals surface area (Å²) in [7, 11) is 0. The Morgan fingerprint density at radius 3 is 2.46 bits per heavy atom. The highest BCUT2D eigenvalue weighted by Gasteiger charge is 2.34. The molecule has 0 aromatic heterocycles. The van der Waals surface area contributed by atoms with E-state index in [0.717, 1.165) is 17.7 Å². The maximum atomic E-state index is 14.0. The molecule has 1 heterocycles. The standard InChI is InChI=1S/C18H17F4N3O/c19-16-8-14(6-7-15(16)18(20,21)22)25(9-12-4-2-1-3-5-12)10-13-11-26-17(23)24-13/h1-8,13H,9-11H2,(H2,23,24). The number of halogens is 4. The van der Waals surface area contributed by atoms with Gasteiger partial charge in [0.1, 0.15) is 18.5 Å². The van der Waals surface area contributed by atoms with E-state index in [4.69, 9.17) is 10.5 Å². The first-order valence-electron chi connectivity index (χ1n) is 7.94. The summed E-state index contributed by atoms with van der Waals surface area (Å²) in [6.45, 7) is 0.998. The normalized spacial score (nSPS) is 16.9. The number of hydrogen-bond donors (Lipinski definition) is 1. The number of benzene rings is 2. The molecule has 3 rings (SSSR count). The Labute approximate surface area is 147 Å². The lowest BCUT2D eigenvalue weighted by molar-refractivity contribution is -0.139. The molecule has 138 valence electrons. The lowest BCUT2D eigenvalue weighted by Crippen LogP contribution is -2.32. The number of ether oxygens (including phenoxy) is 1. The van der Waals surface area contributed by atoms with E-state index >= 15 is 0 Å². The van der Waals surface area contributed by atoms with Crippen LogP contribution in [-0.2, 0) is 17.5 Å². The van der Waals surface area contributed by atoms with Crippen molar-refractivity contribution in [3.8, 4) is 0 Å². The van der Waals surface area contributed by atoms with Crippen molar-refractivity contribution < 1.29 is 22.3 Å². The molecule has 0 radical (unpaired) electrons. The summed E-state index contributed by atoms with van der Waals surface area (Å²) in [5, 5.41) is 0. The minimum atomic E-state index is -4.73. The summed E-state index contributed by atoms with van der Waals surface area (Å²) in [6, 6.07) is 12.1. The van der Waals surface area contributed by atoms with Crippen molar-refractivity contribution in [1.82, 2.24) is 0 Å². The van der Waals surface area contributed by atoms with Crippen LogP contribution < -0.4 is 10.6 Å². The van der Waals surface area contributed by atoms with Crippen molar-refractivity contribution in [2.75, 3.05) is 18.1 Å². The van der Waals surface area contributed by atoms with Crippen molar-refractivity contribution in [1.29, 1.82) is 0 Å². The minimum Gasteiger partial charge on any atom is -0.463 e. The molecule has 0 aliphatic carbocycles. The number of aliphatic imine (C=N–C) groups is 1. The third-order valence-corrected chi connectivity index (χ3v) is 4.00. The van der Waals surface area contributed by atoms with Crippen LogP contribution in [0.2, 0.25) is 0 Å². The highest BCUT2D eigenvalue weighted by atomic mass is 19.4. The fourth-order valence-electron chi connectivity index (χ4n) is 2.78. The molecule has 1 unspecified atom stereocenters. The summed E-state index contributed by atoms with van der Waals surface area (Å²) in [5.41, 5.74) is 5.49. The minimum absolute atomic E-state index is 0.0771. The van der Waals surface area contributed by atoms with Gasteiger partial charge in [-0.1, -0.05) is 30.3 Å². The lowest BCUT2D eigenvalue weighted by Gasteiger charge is -2.27. The maximum Gasteiger partial charge on any atom is 0.419 e. The van der Waals surface area contributed by atoms with Crippen LogP contribution in [0.1, 0.15) is 11.1 Å². The highest BCUT2D eigenvalue weighted by Crippen LogP contribution is 2.33. The van der Waals surface area contributed by atoms with E-state index < -0.39 is 17.6 Å². The quantitative estimate of drug-likeness (QED) is 0.822. The number of anilines is 1. The van der Waals surface area contributed by atoms with Crippen molar-refractivity contribution in [2.45, 2.75) is 18.8 Å². The Kier molecular flexibility index (Phi) is 5.01. The van der Waals surface area contributed by atoms with Gasteiger partial charge in [0.2, 0.25) is 0 Å². The van der Waals surface area contributed by atoms with E-state index in [1.807, 2.05) is 30.3 Å². The molecule has 2 aromatic rings. The predicted molar refractivity (Wildman–Crippen MR) is 90.3 cm³/mol. The Hall–Kier alpha value is -2.77. The Bertz CT molecular complexity index is 793. The van der Waals surface area contributed by atoms with Gasteiger partial charge in [-0.2, -0.15) is 13.2 Å². The molecule has 1 aliphatic rings. The lowest BCUT2D eigenvalue weighted by atomic mass is 10.1. The molecular weight excluding hydrogens is 350 g/mol. The van der Waals surface area contributed by atoms with Crippen molar-refractivity contribution >= 4 is 11.7 Å². The fourth-order valence-corrected chi connectivity index (χ4v) is 2.78. The molecule has 2 aromatic carbocycles. The van der Waals surface area contributed by atoms with E-state index in [9.17, 15) is 17.6 Å². The Balaban J connectivity index is 1.88. The summed E-state index contributed by atoms with van der Waals surface area (Å²) in [5.74, 6) is -1.31. The zero-order chi connectivity index (χ0) is 18.7. The fraction of sp³-hybridized carbons (Fsp3) is 0.278. The van der Waals surface area contributed by atoms with Crippen LogP contribution in [-0.4, -0.2) is 25.2 Å². The first kappa shape index (κ1) is 18.0. The largest absolute Gasteiger partial charge is 0.463 e. The molecule has 1 atom stereocenters. The third kappa shape index (κ3) is 4.25. The predicted octanol–water partition coefficient (Wildman–Crippen LogP) is 3.56. The number of amidine groups is 1. The Morgan fingerprint density at radius 2 is 1.88 bits per heavy atom. The summed E-state index contributed by atoms with van der Waals surface area (Å²) in [6.07, 6.45) is -4.73. The number of nitrogens with two attached hydrogens (primary N) is 1. The van der Waals surface area contributed by atoms with E-state index in [1.165, 1.54) is 6.07 Å². The van der Waals surface area contributed by atoms with Gasteiger partial charge in [0.25, 0.3) is 6.02 Å². The highest BCUT2D eigenvalue weighted by molar-refractivity contribution is 5.73. The smallest absolute Gasteiger partial charge is 0.419 e. The molecular formula is C18H17F4N3O. The van der Waals surface area contributed by atoms with Crippen LogP contribution in [0.4, 0.5) is 23.2 Å². The molecule has 0 saturated carbocycles. The van der Waals surface area contributed by atoms with Crippen LogP contribution in [0.3, 0.4) is 0 Å². The molecule has 1 aliphatic heterocycles. The number of nitrogens with zero attached hydrogens (tertiary/aromatic N) is 2. The molecule has 8 heteroatoms. The van der Waals surface area contributed by atoms with Crippen molar-refractivity contribution in [3.05, 3.63) is 65.5 Å². The van der Waals surface area contributed by atoms with Gasteiger partial charge in [0, 0.05) is 18.8 Å². The van der Waals surface area contributed by atoms with Crippen LogP contribution in [0.15, 0.2) is 53.5 Å². The van der Waals surface area contributed by atoms with Crippen molar-refractivity contribution in [2.24, 2.45) is 10.7 Å². The van der Waals surface area contributed by atoms with E-state index in [1.54, 1.807) is 4.90 Å². The molecule has 26 heavy (non-hydrogen) atoms. The van der Waals surface area contributed by atoms with E-state index in [2.05, 4.69) is 4.99 Å². The van der Waals surface area contributed by atoms with Crippen LogP contribution in [0.25, 0.3) is 0 Å². The summed E-state index contributed by atoms with van der Waals surface area (Å²) >= 11 is 0. The summed E-state index contributed by atoms with van der Waals surface area (Å²) in [4.78, 5) is 5.89. The number of alkyl halides is 3. The van der Waals surface area contributed by atoms with E-state index in [0.29, 0.717) is 18.8 Å². The van der Waals surface area contributed by atoms with Crippen LogP contribution in [0, 0.1) is 5.82 Å². The van der Waals surface area contributed by atoms with Crippen LogP contribution >= 0.6 is 0 Å². The zero-order valence-corrected chi connectivity index (χ0v) is 13.7. The molecule has 4 nitrogen and oxygen atoms in total. The monoisotopic (exact) mass is 367 g/mol. The molecule has 0 spiro atoms. The molecule has 0 saturated heterocycles. The second-order valence-electron chi connectivity index (χ2n) is 5.96. The number of rotatable bonds is 5. The molecule has 0 amide bonds. The van der Waals surface area contributed by atoms with Gasteiger partial charge in [-0.05, 0) is 23.8 Å². The zero-order valence-electron chi connectivity index (χ0n) is 13.7. The van der Waals surface area contributed by atoms with Gasteiger partial charge in [-0.25, -0.2) is 9.38 Å². The SMILES string of the molecule is NC1=NC(CN(Cc2ccccc2)c2ccc(C(F)(F)F)c(F)c2)CO1. The van der Waals surface area contributed by atoms with Gasteiger partial charge in [0.05, 0.1) is 5.56 Å².